The third-order valence-corrected chi connectivity index (χ3v) is 4.60. The number of carbonyl (C=O) groups excluding carboxylic acids is 1. The van der Waals surface area contributed by atoms with Crippen molar-refractivity contribution in [1.29, 1.82) is 0 Å². The lowest BCUT2D eigenvalue weighted by atomic mass is 10.1. The number of aromatic nitrogens is 4. The highest BCUT2D eigenvalue weighted by molar-refractivity contribution is 6.34. The Kier molecular flexibility index (Phi) is 5.30. The predicted octanol–water partition coefficient (Wildman–Crippen LogP) is 3.90. The zero-order valence-electron chi connectivity index (χ0n) is 15.0. The van der Waals surface area contributed by atoms with E-state index in [9.17, 15) is 4.79 Å². The molecule has 0 unspecified atom stereocenters. The summed E-state index contributed by atoms with van der Waals surface area (Å²) in [7, 11) is 0. The highest BCUT2D eigenvalue weighted by Gasteiger charge is 2.13. The third kappa shape index (κ3) is 4.35. The highest BCUT2D eigenvalue weighted by atomic mass is 35.5. The normalized spacial score (nSPS) is 10.9. The van der Waals surface area contributed by atoms with Crippen molar-refractivity contribution >= 4 is 34.5 Å². The molecule has 0 radical (unpaired) electrons. The lowest BCUT2D eigenvalue weighted by Gasteiger charge is -2.04. The quantitative estimate of drug-likeness (QED) is 0.506. The molecular formula is C21H18ClN5O. The van der Waals surface area contributed by atoms with Gasteiger partial charge in [0, 0.05) is 12.7 Å². The number of carbonyl (C=O) groups is 1. The Hall–Kier alpha value is -3.25. The van der Waals surface area contributed by atoms with Gasteiger partial charge in [-0.3, -0.25) is 14.8 Å². The van der Waals surface area contributed by atoms with Crippen molar-refractivity contribution in [3.8, 4) is 0 Å². The largest absolute Gasteiger partial charge is 0.294 e. The van der Waals surface area contributed by atoms with E-state index in [0.717, 1.165) is 12.0 Å². The Morgan fingerprint density at radius 2 is 1.64 bits per heavy atom. The summed E-state index contributed by atoms with van der Waals surface area (Å²) in [5.41, 5.74) is 2.61. The molecule has 4 rings (SSSR count). The van der Waals surface area contributed by atoms with Gasteiger partial charge in [0.15, 0.2) is 5.65 Å². The molecule has 6 nitrogen and oxygen atoms in total. The third-order valence-electron chi connectivity index (χ3n) is 4.31. The van der Waals surface area contributed by atoms with Crippen LogP contribution in [0.25, 0.3) is 11.0 Å². The van der Waals surface area contributed by atoms with E-state index in [1.54, 1.807) is 4.68 Å². The fraction of sp³-hybridized carbons (Fsp3) is 0.143. The molecule has 0 saturated carbocycles. The second kappa shape index (κ2) is 8.19. The van der Waals surface area contributed by atoms with Crippen LogP contribution in [0.5, 0.6) is 0 Å². The van der Waals surface area contributed by atoms with Crippen molar-refractivity contribution in [2.75, 3.05) is 5.32 Å². The van der Waals surface area contributed by atoms with E-state index in [-0.39, 0.29) is 23.4 Å². The topological polar surface area (TPSA) is 72.7 Å². The standard InChI is InChI=1S/C21H18ClN5O/c22-19-17-14-27(12-11-15-7-3-1-4-8-15)26-20(17)25-21(24-19)23-18(28)13-16-9-5-2-6-10-16/h1-10,14H,11-13H2,(H,23,25,26,28). The van der Waals surface area contributed by atoms with E-state index in [2.05, 4.69) is 32.5 Å². The molecule has 0 spiro atoms. The van der Waals surface area contributed by atoms with Crippen LogP contribution in [0.4, 0.5) is 5.95 Å². The maximum Gasteiger partial charge on any atom is 0.233 e. The zero-order valence-corrected chi connectivity index (χ0v) is 15.8. The minimum atomic E-state index is -0.204. The molecular weight excluding hydrogens is 374 g/mol. The van der Waals surface area contributed by atoms with Gasteiger partial charge >= 0.3 is 0 Å². The maximum absolute atomic E-state index is 12.2. The van der Waals surface area contributed by atoms with E-state index in [1.807, 2.05) is 54.7 Å². The van der Waals surface area contributed by atoms with Crippen LogP contribution in [0, 0.1) is 0 Å². The predicted molar refractivity (Wildman–Crippen MR) is 109 cm³/mol. The second-order valence-corrected chi connectivity index (χ2v) is 6.77. The van der Waals surface area contributed by atoms with E-state index >= 15 is 0 Å². The van der Waals surface area contributed by atoms with E-state index < -0.39 is 0 Å². The number of amides is 1. The van der Waals surface area contributed by atoms with E-state index in [1.165, 1.54) is 5.56 Å². The van der Waals surface area contributed by atoms with Crippen molar-refractivity contribution in [1.82, 2.24) is 19.7 Å². The molecule has 7 heteroatoms. The minimum Gasteiger partial charge on any atom is -0.294 e. The molecule has 0 fully saturated rings. The maximum atomic E-state index is 12.2. The van der Waals surface area contributed by atoms with Gasteiger partial charge in [-0.2, -0.15) is 15.1 Å². The van der Waals surface area contributed by atoms with Crippen LogP contribution >= 0.6 is 11.6 Å². The first-order chi connectivity index (χ1) is 13.7. The average Bonchev–Trinajstić information content (AvgIpc) is 3.11. The number of hydrogen-bond acceptors (Lipinski definition) is 4. The Morgan fingerprint density at radius 1 is 0.964 bits per heavy atom. The molecule has 0 bridgehead atoms. The number of hydrogen-bond donors (Lipinski definition) is 1. The summed E-state index contributed by atoms with van der Waals surface area (Å²) < 4.78 is 1.80. The molecule has 0 atom stereocenters. The molecule has 2 aromatic heterocycles. The van der Waals surface area contributed by atoms with Gasteiger partial charge in [-0.15, -0.1) is 0 Å². The summed E-state index contributed by atoms with van der Waals surface area (Å²) in [5, 5.41) is 8.10. The Bertz CT molecular complexity index is 1100. The van der Waals surface area contributed by atoms with Crippen LogP contribution < -0.4 is 5.32 Å². The number of benzene rings is 2. The van der Waals surface area contributed by atoms with Crippen LogP contribution in [0.1, 0.15) is 11.1 Å². The molecule has 4 aromatic rings. The highest BCUT2D eigenvalue weighted by Crippen LogP contribution is 2.21. The van der Waals surface area contributed by atoms with Crippen LogP contribution in [0.2, 0.25) is 5.15 Å². The van der Waals surface area contributed by atoms with Gasteiger partial charge in [-0.1, -0.05) is 72.3 Å². The molecule has 2 aromatic carbocycles. The Balaban J connectivity index is 1.47. The van der Waals surface area contributed by atoms with Gasteiger partial charge in [-0.05, 0) is 17.5 Å². The monoisotopic (exact) mass is 391 g/mol. The number of rotatable bonds is 6. The van der Waals surface area contributed by atoms with Crippen molar-refractivity contribution < 1.29 is 4.79 Å². The van der Waals surface area contributed by atoms with Crippen LogP contribution in [0.3, 0.4) is 0 Å². The fourth-order valence-corrected chi connectivity index (χ4v) is 3.14. The molecule has 0 aliphatic carbocycles. The minimum absolute atomic E-state index is 0.159. The summed E-state index contributed by atoms with van der Waals surface area (Å²) in [5.74, 6) is -0.0446. The Labute approximate surface area is 167 Å². The van der Waals surface area contributed by atoms with Crippen molar-refractivity contribution in [3.63, 3.8) is 0 Å². The zero-order chi connectivity index (χ0) is 19.3. The number of fused-ring (bicyclic) bond motifs is 1. The van der Waals surface area contributed by atoms with Crippen LogP contribution in [-0.4, -0.2) is 25.7 Å². The van der Waals surface area contributed by atoms with E-state index in [4.69, 9.17) is 11.6 Å². The molecule has 2 heterocycles. The van der Waals surface area contributed by atoms with Gasteiger partial charge in [0.1, 0.15) is 5.15 Å². The summed E-state index contributed by atoms with van der Waals surface area (Å²) in [4.78, 5) is 20.8. The van der Waals surface area contributed by atoms with Crippen LogP contribution in [-0.2, 0) is 24.2 Å². The first kappa shape index (κ1) is 18.1. The molecule has 0 aliphatic heterocycles. The summed E-state index contributed by atoms with van der Waals surface area (Å²) in [6, 6.07) is 19.7. The second-order valence-electron chi connectivity index (χ2n) is 6.41. The average molecular weight is 392 g/mol. The summed E-state index contributed by atoms with van der Waals surface area (Å²) in [6.45, 7) is 0.701. The van der Waals surface area contributed by atoms with Crippen LogP contribution in [0.15, 0.2) is 66.9 Å². The summed E-state index contributed by atoms with van der Waals surface area (Å²) >= 11 is 6.28. The van der Waals surface area contributed by atoms with Gasteiger partial charge < -0.3 is 0 Å². The van der Waals surface area contributed by atoms with Crippen molar-refractivity contribution in [2.45, 2.75) is 19.4 Å². The lowest BCUT2D eigenvalue weighted by Crippen LogP contribution is -2.16. The molecule has 28 heavy (non-hydrogen) atoms. The number of aryl methyl sites for hydroxylation is 2. The number of nitrogens with one attached hydrogen (secondary N) is 1. The van der Waals surface area contributed by atoms with Crippen molar-refractivity contribution in [3.05, 3.63) is 83.1 Å². The number of nitrogens with zero attached hydrogens (tertiary/aromatic N) is 4. The lowest BCUT2D eigenvalue weighted by molar-refractivity contribution is -0.115. The fourth-order valence-electron chi connectivity index (χ4n) is 2.93. The number of halogens is 1. The SMILES string of the molecule is O=C(Cc1ccccc1)Nc1nc(Cl)c2cn(CCc3ccccc3)nc2n1. The van der Waals surface area contributed by atoms with Gasteiger partial charge in [0.25, 0.3) is 0 Å². The molecule has 1 N–H and O–H groups in total. The van der Waals surface area contributed by atoms with Gasteiger partial charge in [0.2, 0.25) is 11.9 Å². The smallest absolute Gasteiger partial charge is 0.233 e. The molecule has 140 valence electrons. The number of anilines is 1. The van der Waals surface area contributed by atoms with E-state index in [0.29, 0.717) is 17.6 Å². The van der Waals surface area contributed by atoms with Crippen molar-refractivity contribution in [2.24, 2.45) is 0 Å². The molecule has 1 amide bonds. The first-order valence-corrected chi connectivity index (χ1v) is 9.33. The Morgan fingerprint density at radius 3 is 2.36 bits per heavy atom. The summed E-state index contributed by atoms with van der Waals surface area (Å²) in [6.07, 6.45) is 2.92. The first-order valence-electron chi connectivity index (χ1n) is 8.96. The van der Waals surface area contributed by atoms with Gasteiger partial charge in [0.05, 0.1) is 11.8 Å². The molecule has 0 saturated heterocycles. The molecule has 0 aliphatic rings. The van der Waals surface area contributed by atoms with Gasteiger partial charge in [-0.25, -0.2) is 0 Å².